The zero-order valence-electron chi connectivity index (χ0n) is 19.0. The lowest BCUT2D eigenvalue weighted by Gasteiger charge is -2.11. The van der Waals surface area contributed by atoms with Crippen molar-refractivity contribution in [2.24, 2.45) is 11.5 Å². The van der Waals surface area contributed by atoms with Gasteiger partial charge in [-0.1, -0.05) is 30.7 Å². The molecule has 34 heavy (non-hydrogen) atoms. The molecule has 0 aliphatic heterocycles. The fourth-order valence-corrected chi connectivity index (χ4v) is 3.77. The topological polar surface area (TPSA) is 138 Å². The number of nitrogens with one attached hydrogen (secondary N) is 1. The van der Waals surface area contributed by atoms with Crippen molar-refractivity contribution in [2.45, 2.75) is 33.2 Å². The third-order valence-corrected chi connectivity index (χ3v) is 5.56. The van der Waals surface area contributed by atoms with Crippen LogP contribution >= 0.6 is 11.6 Å². The average molecular weight is 480 g/mol. The number of benzene rings is 2. The van der Waals surface area contributed by atoms with Gasteiger partial charge in [0.05, 0.1) is 5.02 Å². The predicted octanol–water partition coefficient (Wildman–Crippen LogP) is 4.43. The van der Waals surface area contributed by atoms with E-state index in [2.05, 4.69) is 9.97 Å². The first-order valence-corrected chi connectivity index (χ1v) is 11.4. The second kappa shape index (κ2) is 10.1. The minimum Gasteiger partial charge on any atom is -0.437 e. The van der Waals surface area contributed by atoms with Crippen LogP contribution in [0.15, 0.2) is 42.5 Å². The molecule has 5 N–H and O–H groups in total. The molecule has 0 spiro atoms. The van der Waals surface area contributed by atoms with Crippen molar-refractivity contribution in [2.75, 3.05) is 6.54 Å². The Morgan fingerprint density at radius 2 is 1.91 bits per heavy atom. The summed E-state index contributed by atoms with van der Waals surface area (Å²) in [7, 11) is 0. The number of ether oxygens (including phenoxy) is 2. The van der Waals surface area contributed by atoms with Crippen LogP contribution in [0.1, 0.15) is 30.8 Å². The molecule has 4 aromatic rings. The van der Waals surface area contributed by atoms with Gasteiger partial charge >= 0.3 is 6.01 Å². The van der Waals surface area contributed by atoms with Gasteiger partial charge in [0.2, 0.25) is 0 Å². The van der Waals surface area contributed by atoms with Crippen molar-refractivity contribution in [1.29, 1.82) is 5.41 Å². The first-order valence-electron chi connectivity index (χ1n) is 11.0. The van der Waals surface area contributed by atoms with Gasteiger partial charge in [0, 0.05) is 18.5 Å². The number of fused-ring (bicyclic) bond motifs is 1. The van der Waals surface area contributed by atoms with Gasteiger partial charge in [-0.05, 0) is 55.8 Å². The van der Waals surface area contributed by atoms with E-state index in [1.54, 1.807) is 18.2 Å². The fraction of sp³-hybridized carbons (Fsp3) is 0.250. The smallest absolute Gasteiger partial charge is 0.327 e. The van der Waals surface area contributed by atoms with Gasteiger partial charge in [-0.2, -0.15) is 9.97 Å². The third-order valence-electron chi connectivity index (χ3n) is 5.24. The van der Waals surface area contributed by atoms with E-state index in [9.17, 15) is 0 Å². The number of hydrogen-bond acceptors (Lipinski definition) is 7. The summed E-state index contributed by atoms with van der Waals surface area (Å²) in [5.41, 5.74) is 14.0. The second-order valence-corrected chi connectivity index (χ2v) is 7.97. The van der Waals surface area contributed by atoms with Gasteiger partial charge in [0.25, 0.3) is 5.88 Å². The highest BCUT2D eigenvalue weighted by atomic mass is 35.5. The molecule has 0 radical (unpaired) electrons. The molecule has 2 aromatic heterocycles. The van der Waals surface area contributed by atoms with Crippen LogP contribution in [-0.4, -0.2) is 31.9 Å². The standard InChI is InChI=1S/C24H26ClN7O2/c1-3-19-29-20-22(32(19)4-2)30-24(34-18-13-15(21(27)28)8-9-17(18)25)31-23(20)33-16-7-5-6-14(12-16)10-11-26/h5-9,12-13H,3-4,10-11,26H2,1-2H3,(H3,27,28). The molecule has 2 heterocycles. The van der Waals surface area contributed by atoms with Gasteiger partial charge in [-0.25, -0.2) is 4.98 Å². The second-order valence-electron chi connectivity index (χ2n) is 7.56. The molecule has 0 aliphatic rings. The summed E-state index contributed by atoms with van der Waals surface area (Å²) in [6.45, 7) is 5.26. The highest BCUT2D eigenvalue weighted by molar-refractivity contribution is 6.32. The lowest BCUT2D eigenvalue weighted by atomic mass is 10.1. The van der Waals surface area contributed by atoms with Crippen molar-refractivity contribution in [3.8, 4) is 23.4 Å². The molecule has 0 unspecified atom stereocenters. The van der Waals surface area contributed by atoms with Gasteiger partial charge in [-0.15, -0.1) is 0 Å². The molecular formula is C24H26ClN7O2. The largest absolute Gasteiger partial charge is 0.437 e. The number of rotatable bonds is 9. The third kappa shape index (κ3) is 4.80. The summed E-state index contributed by atoms with van der Waals surface area (Å²) in [4.78, 5) is 13.8. The summed E-state index contributed by atoms with van der Waals surface area (Å²) >= 11 is 6.32. The molecule has 0 aliphatic carbocycles. The summed E-state index contributed by atoms with van der Waals surface area (Å²) < 4.78 is 14.1. The first-order chi connectivity index (χ1) is 16.4. The Kier molecular flexibility index (Phi) is 6.95. The van der Waals surface area contributed by atoms with E-state index >= 15 is 0 Å². The number of imidazole rings is 1. The number of nitrogens with two attached hydrogens (primary N) is 2. The molecule has 176 valence electrons. The van der Waals surface area contributed by atoms with Crippen LogP contribution in [0.3, 0.4) is 0 Å². The molecule has 10 heteroatoms. The highest BCUT2D eigenvalue weighted by Crippen LogP contribution is 2.34. The first kappa shape index (κ1) is 23.5. The molecule has 0 amide bonds. The van der Waals surface area contributed by atoms with Crippen LogP contribution in [0.2, 0.25) is 5.02 Å². The Balaban J connectivity index is 1.81. The Morgan fingerprint density at radius 1 is 1.09 bits per heavy atom. The monoisotopic (exact) mass is 479 g/mol. The Morgan fingerprint density at radius 3 is 2.62 bits per heavy atom. The summed E-state index contributed by atoms with van der Waals surface area (Å²) in [5, 5.41) is 8.02. The number of amidine groups is 1. The van der Waals surface area contributed by atoms with Gasteiger partial charge in [0.1, 0.15) is 23.2 Å². The lowest BCUT2D eigenvalue weighted by molar-refractivity contribution is 0.416. The molecule has 0 atom stereocenters. The summed E-state index contributed by atoms with van der Waals surface area (Å²) in [6.07, 6.45) is 1.46. The van der Waals surface area contributed by atoms with Crippen LogP contribution in [0.4, 0.5) is 0 Å². The van der Waals surface area contributed by atoms with Crippen LogP contribution < -0.4 is 20.9 Å². The van der Waals surface area contributed by atoms with Gasteiger partial charge in [0.15, 0.2) is 11.2 Å². The Bertz CT molecular complexity index is 1350. The van der Waals surface area contributed by atoms with Crippen LogP contribution in [0.25, 0.3) is 11.2 Å². The van der Waals surface area contributed by atoms with Crippen LogP contribution in [0, 0.1) is 5.41 Å². The molecule has 0 fully saturated rings. The minimum absolute atomic E-state index is 0.0421. The molecule has 0 saturated carbocycles. The van der Waals surface area contributed by atoms with Crippen molar-refractivity contribution < 1.29 is 9.47 Å². The maximum absolute atomic E-state index is 7.68. The van der Waals surface area contributed by atoms with Crippen molar-refractivity contribution in [3.05, 3.63) is 64.4 Å². The maximum atomic E-state index is 7.68. The van der Waals surface area contributed by atoms with E-state index in [0.29, 0.717) is 40.6 Å². The van der Waals surface area contributed by atoms with Crippen molar-refractivity contribution in [3.63, 3.8) is 0 Å². The molecule has 0 saturated heterocycles. The van der Waals surface area contributed by atoms with E-state index in [4.69, 9.17) is 42.9 Å². The van der Waals surface area contributed by atoms with E-state index in [1.807, 2.05) is 42.7 Å². The zero-order chi connectivity index (χ0) is 24.2. The molecular weight excluding hydrogens is 454 g/mol. The SMILES string of the molecule is CCc1nc2c(Oc3cccc(CCN)c3)nc(Oc3cc(C(=N)N)ccc3Cl)nc2n1CC. The quantitative estimate of drug-likeness (QED) is 0.238. The van der Waals surface area contributed by atoms with Crippen LogP contribution in [0.5, 0.6) is 23.4 Å². The number of nitrogen functional groups attached to an aromatic ring is 1. The minimum atomic E-state index is -0.101. The highest BCUT2D eigenvalue weighted by Gasteiger charge is 2.20. The van der Waals surface area contributed by atoms with Crippen molar-refractivity contribution in [1.82, 2.24) is 19.5 Å². The van der Waals surface area contributed by atoms with E-state index in [-0.39, 0.29) is 23.5 Å². The fourth-order valence-electron chi connectivity index (χ4n) is 3.61. The number of aromatic nitrogens is 4. The van der Waals surface area contributed by atoms with Gasteiger partial charge < -0.3 is 25.5 Å². The molecule has 0 bridgehead atoms. The normalized spacial score (nSPS) is 11.1. The number of hydrogen-bond donors (Lipinski definition) is 3. The Hall–Kier alpha value is -3.69. The van der Waals surface area contributed by atoms with Crippen molar-refractivity contribution >= 4 is 28.6 Å². The lowest BCUT2D eigenvalue weighted by Crippen LogP contribution is -2.11. The molecule has 4 rings (SSSR count). The van der Waals surface area contributed by atoms with E-state index in [0.717, 1.165) is 24.2 Å². The van der Waals surface area contributed by atoms with E-state index in [1.165, 1.54) is 0 Å². The molecule has 9 nitrogen and oxygen atoms in total. The number of aryl methyl sites for hydroxylation is 2. The Labute approximate surface area is 202 Å². The van der Waals surface area contributed by atoms with Gasteiger partial charge in [-0.3, -0.25) is 5.41 Å². The van der Waals surface area contributed by atoms with Crippen LogP contribution in [-0.2, 0) is 19.4 Å². The molecule has 2 aromatic carbocycles. The number of nitrogens with zero attached hydrogens (tertiary/aromatic N) is 4. The average Bonchev–Trinajstić information content (AvgIpc) is 3.19. The summed E-state index contributed by atoms with van der Waals surface area (Å²) in [5.74, 6) is 1.92. The predicted molar refractivity (Wildman–Crippen MR) is 132 cm³/mol. The van der Waals surface area contributed by atoms with E-state index < -0.39 is 0 Å². The maximum Gasteiger partial charge on any atom is 0.327 e. The zero-order valence-corrected chi connectivity index (χ0v) is 19.8. The number of halogens is 1. The summed E-state index contributed by atoms with van der Waals surface area (Å²) in [6, 6.07) is 12.5.